The van der Waals surface area contributed by atoms with Crippen molar-refractivity contribution in [2.75, 3.05) is 20.2 Å². The molecule has 32 heavy (non-hydrogen) atoms. The summed E-state index contributed by atoms with van der Waals surface area (Å²) in [5, 5.41) is 3.12. The Kier molecular flexibility index (Phi) is 7.02. The molecule has 6 nitrogen and oxygen atoms in total. The number of benzene rings is 2. The van der Waals surface area contributed by atoms with Crippen molar-refractivity contribution >= 4 is 5.91 Å². The maximum atomic E-state index is 12.9. The zero-order chi connectivity index (χ0) is 22.3. The van der Waals surface area contributed by atoms with Gasteiger partial charge in [0.15, 0.2) is 0 Å². The van der Waals surface area contributed by atoms with Crippen molar-refractivity contribution < 1.29 is 14.3 Å². The highest BCUT2D eigenvalue weighted by atomic mass is 16.5. The number of carbonyl (C=O) groups is 1. The Hall–Kier alpha value is -3.38. The largest absolute Gasteiger partial charge is 0.496 e. The number of methoxy groups -OCH3 is 1. The monoisotopic (exact) mass is 431 g/mol. The standard InChI is InChI=1S/C26H29N3O3/c1-19(14-20-8-7-13-27-15-20)28-26(30)18-29-16-21-9-3-5-11-23(21)32-25(17-29)22-10-4-6-12-24(22)31-2/h3-13,15,19,25H,14,16-18H2,1-2H3,(H,28,30). The molecule has 1 amide bonds. The van der Waals surface area contributed by atoms with Crippen LogP contribution >= 0.6 is 0 Å². The highest BCUT2D eigenvalue weighted by molar-refractivity contribution is 5.78. The van der Waals surface area contributed by atoms with Crippen LogP contribution in [0.25, 0.3) is 0 Å². The van der Waals surface area contributed by atoms with Gasteiger partial charge in [-0.15, -0.1) is 0 Å². The summed E-state index contributed by atoms with van der Waals surface area (Å²) in [6.45, 7) is 3.54. The summed E-state index contributed by atoms with van der Waals surface area (Å²) in [5.74, 6) is 1.63. The van der Waals surface area contributed by atoms with E-state index in [0.717, 1.165) is 34.6 Å². The first-order valence-electron chi connectivity index (χ1n) is 10.9. The number of nitrogens with zero attached hydrogens (tertiary/aromatic N) is 2. The van der Waals surface area contributed by atoms with E-state index in [1.54, 1.807) is 13.3 Å². The molecule has 1 aliphatic rings. The van der Waals surface area contributed by atoms with E-state index < -0.39 is 0 Å². The molecular formula is C26H29N3O3. The number of hydrogen-bond acceptors (Lipinski definition) is 5. The third kappa shape index (κ3) is 5.45. The summed E-state index contributed by atoms with van der Waals surface area (Å²) in [7, 11) is 1.67. The number of nitrogens with one attached hydrogen (secondary N) is 1. The van der Waals surface area contributed by atoms with Crippen LogP contribution in [0.2, 0.25) is 0 Å². The van der Waals surface area contributed by atoms with Crippen molar-refractivity contribution in [2.45, 2.75) is 32.0 Å². The van der Waals surface area contributed by atoms with Crippen molar-refractivity contribution in [1.29, 1.82) is 0 Å². The maximum absolute atomic E-state index is 12.9. The van der Waals surface area contributed by atoms with Crippen molar-refractivity contribution in [3.05, 3.63) is 89.7 Å². The van der Waals surface area contributed by atoms with Gasteiger partial charge in [0.05, 0.1) is 13.7 Å². The van der Waals surface area contributed by atoms with Crippen LogP contribution in [-0.4, -0.2) is 42.0 Å². The summed E-state index contributed by atoms with van der Waals surface area (Å²) < 4.78 is 12.0. The van der Waals surface area contributed by atoms with Crippen LogP contribution in [0.15, 0.2) is 73.1 Å². The highest BCUT2D eigenvalue weighted by Gasteiger charge is 2.27. The third-order valence-corrected chi connectivity index (χ3v) is 5.58. The van der Waals surface area contributed by atoms with Crippen LogP contribution in [0.3, 0.4) is 0 Å². The Bertz CT molecular complexity index is 1040. The van der Waals surface area contributed by atoms with Crippen LogP contribution in [0, 0.1) is 0 Å². The summed E-state index contributed by atoms with van der Waals surface area (Å²) >= 11 is 0. The molecule has 2 aromatic carbocycles. The van der Waals surface area contributed by atoms with Gasteiger partial charge in [-0.05, 0) is 37.1 Å². The molecule has 0 saturated heterocycles. The molecule has 0 spiro atoms. The normalized spacial score (nSPS) is 16.9. The fraction of sp³-hybridized carbons (Fsp3) is 0.308. The molecule has 0 bridgehead atoms. The molecule has 0 saturated carbocycles. The highest BCUT2D eigenvalue weighted by Crippen LogP contribution is 2.34. The van der Waals surface area contributed by atoms with Gasteiger partial charge in [-0.1, -0.05) is 42.5 Å². The van der Waals surface area contributed by atoms with Crippen molar-refractivity contribution in [3.8, 4) is 11.5 Å². The molecule has 0 fully saturated rings. The molecule has 0 radical (unpaired) electrons. The molecule has 166 valence electrons. The van der Waals surface area contributed by atoms with Gasteiger partial charge < -0.3 is 14.8 Å². The van der Waals surface area contributed by atoms with Crippen LogP contribution in [-0.2, 0) is 17.8 Å². The van der Waals surface area contributed by atoms with Crippen LogP contribution < -0.4 is 14.8 Å². The van der Waals surface area contributed by atoms with Crippen molar-refractivity contribution in [1.82, 2.24) is 15.2 Å². The summed E-state index contributed by atoms with van der Waals surface area (Å²) in [6, 6.07) is 19.9. The van der Waals surface area contributed by atoms with E-state index in [1.807, 2.05) is 67.7 Å². The molecule has 4 rings (SSSR count). The van der Waals surface area contributed by atoms with Gasteiger partial charge in [0.2, 0.25) is 5.91 Å². The summed E-state index contributed by atoms with van der Waals surface area (Å²) in [6.07, 6.45) is 4.10. The fourth-order valence-electron chi connectivity index (χ4n) is 4.14. The molecule has 0 aliphatic carbocycles. The maximum Gasteiger partial charge on any atom is 0.234 e. The minimum absolute atomic E-state index is 0.000418. The van der Waals surface area contributed by atoms with Gasteiger partial charge in [0.1, 0.15) is 17.6 Å². The molecule has 1 aliphatic heterocycles. The number of amides is 1. The van der Waals surface area contributed by atoms with E-state index >= 15 is 0 Å². The second kappa shape index (κ2) is 10.3. The number of para-hydroxylation sites is 2. The lowest BCUT2D eigenvalue weighted by Crippen LogP contribution is -2.42. The number of aromatic nitrogens is 1. The molecule has 1 N–H and O–H groups in total. The number of rotatable bonds is 7. The molecule has 3 aromatic rings. The second-order valence-corrected chi connectivity index (χ2v) is 8.16. The lowest BCUT2D eigenvalue weighted by molar-refractivity contribution is -0.123. The van der Waals surface area contributed by atoms with Gasteiger partial charge in [-0.25, -0.2) is 0 Å². The zero-order valence-electron chi connectivity index (χ0n) is 18.5. The molecule has 2 unspecified atom stereocenters. The van der Waals surface area contributed by atoms with E-state index in [4.69, 9.17) is 9.47 Å². The van der Waals surface area contributed by atoms with E-state index in [-0.39, 0.29) is 18.1 Å². The van der Waals surface area contributed by atoms with E-state index in [1.165, 1.54) is 0 Å². The molecule has 6 heteroatoms. The van der Waals surface area contributed by atoms with Gasteiger partial charge in [0, 0.05) is 42.7 Å². The predicted octanol–water partition coefficient (Wildman–Crippen LogP) is 3.77. The van der Waals surface area contributed by atoms with Gasteiger partial charge in [-0.3, -0.25) is 14.7 Å². The molecular weight excluding hydrogens is 402 g/mol. The van der Waals surface area contributed by atoms with Crippen LogP contribution in [0.1, 0.15) is 29.7 Å². The summed E-state index contributed by atoms with van der Waals surface area (Å²) in [4.78, 5) is 19.2. The minimum Gasteiger partial charge on any atom is -0.496 e. The SMILES string of the molecule is COc1ccccc1C1CN(CC(=O)NC(C)Cc2cccnc2)Cc2ccccc2O1. The van der Waals surface area contributed by atoms with Gasteiger partial charge in [0.25, 0.3) is 0 Å². The first-order valence-corrected chi connectivity index (χ1v) is 10.9. The van der Waals surface area contributed by atoms with Crippen molar-refractivity contribution in [3.63, 3.8) is 0 Å². The van der Waals surface area contributed by atoms with Gasteiger partial charge >= 0.3 is 0 Å². The molecule has 2 heterocycles. The Morgan fingerprint density at radius 2 is 2.00 bits per heavy atom. The lowest BCUT2D eigenvalue weighted by Gasteiger charge is -2.25. The average Bonchev–Trinajstić information content (AvgIpc) is 2.98. The Balaban J connectivity index is 1.48. The van der Waals surface area contributed by atoms with Gasteiger partial charge in [-0.2, -0.15) is 0 Å². The topological polar surface area (TPSA) is 63.7 Å². The Labute approximate surface area is 189 Å². The number of carbonyl (C=O) groups excluding carboxylic acids is 1. The van der Waals surface area contributed by atoms with E-state index in [2.05, 4.69) is 21.3 Å². The quantitative estimate of drug-likeness (QED) is 0.617. The first kappa shape index (κ1) is 21.8. The lowest BCUT2D eigenvalue weighted by atomic mass is 10.1. The number of hydrogen-bond donors (Lipinski definition) is 1. The smallest absolute Gasteiger partial charge is 0.234 e. The average molecular weight is 432 g/mol. The molecule has 1 aromatic heterocycles. The zero-order valence-corrected chi connectivity index (χ0v) is 18.5. The number of pyridine rings is 1. The van der Waals surface area contributed by atoms with E-state index in [9.17, 15) is 4.79 Å². The molecule has 2 atom stereocenters. The number of ether oxygens (including phenoxy) is 2. The Morgan fingerprint density at radius 3 is 2.81 bits per heavy atom. The third-order valence-electron chi connectivity index (χ3n) is 5.58. The van der Waals surface area contributed by atoms with Crippen molar-refractivity contribution in [2.24, 2.45) is 0 Å². The first-order chi connectivity index (χ1) is 15.6. The fourth-order valence-corrected chi connectivity index (χ4v) is 4.14. The number of fused-ring (bicyclic) bond motifs is 1. The second-order valence-electron chi connectivity index (χ2n) is 8.16. The van der Waals surface area contributed by atoms with Crippen LogP contribution in [0.4, 0.5) is 0 Å². The van der Waals surface area contributed by atoms with Crippen LogP contribution in [0.5, 0.6) is 11.5 Å². The van der Waals surface area contributed by atoms with E-state index in [0.29, 0.717) is 19.6 Å². The Morgan fingerprint density at radius 1 is 1.19 bits per heavy atom. The minimum atomic E-state index is -0.240. The summed E-state index contributed by atoms with van der Waals surface area (Å²) in [5.41, 5.74) is 3.15. The predicted molar refractivity (Wildman–Crippen MR) is 124 cm³/mol.